The van der Waals surface area contributed by atoms with Gasteiger partial charge in [-0.25, -0.2) is 8.42 Å². The van der Waals surface area contributed by atoms with Crippen molar-refractivity contribution >= 4 is 10.4 Å². The molecule has 1 atom stereocenters. The molecule has 0 aromatic carbocycles. The molecule has 1 unspecified atom stereocenters. The van der Waals surface area contributed by atoms with Crippen molar-refractivity contribution in [2.75, 3.05) is 6.61 Å². The van der Waals surface area contributed by atoms with Crippen LogP contribution < -0.4 is 51.4 Å². The first kappa shape index (κ1) is 40.4. The molecular weight excluding hydrogens is 508 g/mol. The Morgan fingerprint density at radius 2 is 0.946 bits per heavy atom. The van der Waals surface area contributed by atoms with Crippen molar-refractivity contribution in [3.8, 4) is 0 Å². The fourth-order valence-electron chi connectivity index (χ4n) is 4.87. The summed E-state index contributed by atoms with van der Waals surface area (Å²) in [4.78, 5) is 0. The summed E-state index contributed by atoms with van der Waals surface area (Å²) in [6.45, 7) is 4.48. The van der Waals surface area contributed by atoms with Crippen LogP contribution >= 0.6 is 0 Å². The topological polar surface area (TPSA) is 66.4 Å². The number of allylic oxidation sites excluding steroid dienone is 1. The van der Waals surface area contributed by atoms with Crippen molar-refractivity contribution in [2.24, 2.45) is 5.92 Å². The minimum atomic E-state index is -4.61. The van der Waals surface area contributed by atoms with Gasteiger partial charge >= 0.3 is 51.4 Å². The first-order chi connectivity index (χ1) is 17.5. The molecule has 0 rings (SSSR count). The summed E-state index contributed by atoms with van der Waals surface area (Å²) in [6, 6.07) is 0. The van der Waals surface area contributed by atoms with Gasteiger partial charge in [0.1, 0.15) is 0 Å². The molecule has 0 radical (unpaired) electrons. The second-order valence-corrected chi connectivity index (χ2v) is 11.9. The first-order valence-electron chi connectivity index (χ1n) is 15.8. The van der Waals surface area contributed by atoms with Crippen LogP contribution in [0.5, 0.6) is 0 Å². The molecule has 0 spiro atoms. The van der Waals surface area contributed by atoms with Gasteiger partial charge in [0, 0.05) is 5.92 Å². The van der Waals surface area contributed by atoms with Crippen LogP contribution in [0.3, 0.4) is 0 Å². The van der Waals surface area contributed by atoms with Gasteiger partial charge in [0.2, 0.25) is 10.4 Å². The zero-order valence-electron chi connectivity index (χ0n) is 25.2. The quantitative estimate of drug-likeness (QED) is 0.0309. The van der Waals surface area contributed by atoms with E-state index in [1.54, 1.807) is 0 Å². The Morgan fingerprint density at radius 3 is 1.32 bits per heavy atom. The molecule has 0 fully saturated rings. The van der Waals surface area contributed by atoms with Crippen LogP contribution in [0.25, 0.3) is 0 Å². The summed E-state index contributed by atoms with van der Waals surface area (Å²) in [5, 5.41) is 0. The van der Waals surface area contributed by atoms with Gasteiger partial charge in [0.05, 0.1) is 6.61 Å². The fourth-order valence-corrected chi connectivity index (χ4v) is 5.21. The van der Waals surface area contributed by atoms with E-state index in [2.05, 4.69) is 30.2 Å². The molecule has 0 saturated heterocycles. The van der Waals surface area contributed by atoms with Crippen LogP contribution in [0.2, 0.25) is 0 Å². The molecule has 0 aliphatic rings. The maximum Gasteiger partial charge on any atom is 1.00 e. The average Bonchev–Trinajstić information content (AvgIpc) is 2.84. The number of hydrogen-bond donors (Lipinski definition) is 0. The predicted octanol–water partition coefficient (Wildman–Crippen LogP) is 7.43. The smallest absolute Gasteiger partial charge is 0.726 e. The Kier molecular flexibility index (Phi) is 34.7. The van der Waals surface area contributed by atoms with Gasteiger partial charge in [-0.05, 0) is 19.3 Å². The van der Waals surface area contributed by atoms with Crippen molar-refractivity contribution in [1.82, 2.24) is 0 Å². The minimum absolute atomic E-state index is 0. The summed E-state index contributed by atoms with van der Waals surface area (Å²) in [6.07, 6.45) is 36.8. The Morgan fingerprint density at radius 1 is 0.595 bits per heavy atom. The van der Waals surface area contributed by atoms with Crippen LogP contribution in [0, 0.1) is 5.92 Å². The van der Waals surface area contributed by atoms with E-state index in [-0.39, 0.29) is 63.9 Å². The molecule has 4 nitrogen and oxygen atoms in total. The van der Waals surface area contributed by atoms with Crippen molar-refractivity contribution in [3.05, 3.63) is 12.2 Å². The second kappa shape index (κ2) is 31.8. The summed E-state index contributed by atoms with van der Waals surface area (Å²) < 4.78 is 37.1. The summed E-state index contributed by atoms with van der Waals surface area (Å²) in [5.41, 5.74) is 0. The van der Waals surface area contributed by atoms with E-state index in [4.69, 9.17) is 0 Å². The number of hydrogen-bond acceptors (Lipinski definition) is 4. The van der Waals surface area contributed by atoms with Gasteiger partial charge < -0.3 is 4.55 Å². The number of rotatable bonds is 29. The second-order valence-electron chi connectivity index (χ2n) is 10.9. The van der Waals surface area contributed by atoms with Crippen molar-refractivity contribution in [2.45, 2.75) is 174 Å². The normalized spacial score (nSPS) is 12.7. The van der Waals surface area contributed by atoms with Crippen LogP contribution in [0.1, 0.15) is 174 Å². The molecule has 6 heteroatoms. The maximum atomic E-state index is 10.9. The SMILES string of the molecule is CCCCCCC/C=C/C(CCCCCCCCCCCCCCCCCCCC)COS(=O)(=O)[O-].[K+]. The first-order valence-corrected chi connectivity index (χ1v) is 17.1. The molecule has 0 amide bonds. The third-order valence-electron chi connectivity index (χ3n) is 7.24. The summed E-state index contributed by atoms with van der Waals surface area (Å²) in [7, 11) is -4.61. The summed E-state index contributed by atoms with van der Waals surface area (Å²) in [5.74, 6) is 0.0189. The van der Waals surface area contributed by atoms with Crippen LogP contribution in [-0.2, 0) is 14.6 Å². The molecule has 0 heterocycles. The maximum absolute atomic E-state index is 10.9. The molecular formula is C31H61KO4S. The number of unbranched alkanes of at least 4 members (excludes halogenated alkanes) is 22. The Balaban J connectivity index is 0. The molecule has 0 aliphatic carbocycles. The fraction of sp³-hybridized carbons (Fsp3) is 0.935. The van der Waals surface area contributed by atoms with Gasteiger partial charge in [-0.2, -0.15) is 0 Å². The molecule has 37 heavy (non-hydrogen) atoms. The van der Waals surface area contributed by atoms with E-state index >= 15 is 0 Å². The molecule has 0 aromatic rings. The third-order valence-corrected chi connectivity index (χ3v) is 7.66. The predicted molar refractivity (Wildman–Crippen MR) is 155 cm³/mol. The Hall–Kier alpha value is 1.25. The van der Waals surface area contributed by atoms with Gasteiger partial charge in [0.15, 0.2) is 0 Å². The minimum Gasteiger partial charge on any atom is -0.726 e. The van der Waals surface area contributed by atoms with Crippen LogP contribution in [-0.4, -0.2) is 19.6 Å². The van der Waals surface area contributed by atoms with Gasteiger partial charge in [0.25, 0.3) is 0 Å². The monoisotopic (exact) mass is 568 g/mol. The molecule has 0 aromatic heterocycles. The van der Waals surface area contributed by atoms with Crippen molar-refractivity contribution < 1.29 is 68.5 Å². The standard InChI is InChI=1S/C31H62O4S.K/c1-3-5-7-9-11-12-13-14-15-16-17-18-19-20-21-23-25-27-29-31(30-35-36(32,33)34)28-26-24-22-10-8-6-4-2;/h26,28,31H,3-25,27,29-30H2,1-2H3,(H,32,33,34);/q;+1/p-1/b28-26+;. The van der Waals surface area contributed by atoms with E-state index in [9.17, 15) is 13.0 Å². The third kappa shape index (κ3) is 35.2. The zero-order valence-corrected chi connectivity index (χ0v) is 29.1. The summed E-state index contributed by atoms with van der Waals surface area (Å²) >= 11 is 0. The molecule has 0 N–H and O–H groups in total. The molecule has 216 valence electrons. The molecule has 0 aliphatic heterocycles. The van der Waals surface area contributed by atoms with E-state index in [0.717, 1.165) is 19.3 Å². The largest absolute Gasteiger partial charge is 1.00 e. The average molecular weight is 569 g/mol. The van der Waals surface area contributed by atoms with Crippen molar-refractivity contribution in [1.29, 1.82) is 0 Å². The zero-order chi connectivity index (χ0) is 26.6. The Bertz CT molecular complexity index is 566. The van der Waals surface area contributed by atoms with Gasteiger partial charge in [-0.15, -0.1) is 0 Å². The van der Waals surface area contributed by atoms with E-state index in [1.165, 1.54) is 141 Å². The van der Waals surface area contributed by atoms with E-state index in [1.807, 2.05) is 0 Å². The van der Waals surface area contributed by atoms with Gasteiger partial charge in [-0.1, -0.05) is 167 Å². The molecule has 0 saturated carbocycles. The van der Waals surface area contributed by atoms with E-state index < -0.39 is 10.4 Å². The van der Waals surface area contributed by atoms with E-state index in [0.29, 0.717) is 0 Å². The van der Waals surface area contributed by atoms with Crippen LogP contribution in [0.15, 0.2) is 12.2 Å². The van der Waals surface area contributed by atoms with Crippen LogP contribution in [0.4, 0.5) is 0 Å². The van der Waals surface area contributed by atoms with Crippen molar-refractivity contribution in [3.63, 3.8) is 0 Å². The van der Waals surface area contributed by atoms with Gasteiger partial charge in [-0.3, -0.25) is 4.18 Å². The molecule has 0 bridgehead atoms. The Labute approximate surface area is 275 Å².